The predicted octanol–water partition coefficient (Wildman–Crippen LogP) is 5.31. The van der Waals surface area contributed by atoms with Gasteiger partial charge in [0, 0.05) is 28.7 Å². The number of rotatable bonds is 5. The summed E-state index contributed by atoms with van der Waals surface area (Å²) in [5.74, 6) is 0.106. The van der Waals surface area contributed by atoms with Gasteiger partial charge in [-0.25, -0.2) is 0 Å². The standard InChI is InChI=1S/C22H24ClN3O/c23-17-6-9-21-19(14-17)20(22(27)25-21)15-24-18-7-4-16(5-8-18)10-13-26-11-2-1-3-12-26/h4-9,14-15,25,27H,1-3,10-13H2. The zero-order chi connectivity index (χ0) is 18.6. The third-order valence-electron chi connectivity index (χ3n) is 5.22. The molecule has 2 N–H and O–H groups in total. The first kappa shape index (κ1) is 18.1. The quantitative estimate of drug-likeness (QED) is 0.589. The Kier molecular flexibility index (Phi) is 5.46. The Labute approximate surface area is 164 Å². The number of aliphatic imine (C=N–C) groups is 1. The van der Waals surface area contributed by atoms with E-state index in [0.717, 1.165) is 29.6 Å². The van der Waals surface area contributed by atoms with Crippen molar-refractivity contribution in [3.05, 3.63) is 58.6 Å². The lowest BCUT2D eigenvalue weighted by Crippen LogP contribution is -2.31. The van der Waals surface area contributed by atoms with Crippen LogP contribution in [0.4, 0.5) is 5.69 Å². The van der Waals surface area contributed by atoms with Crippen LogP contribution in [0.2, 0.25) is 5.02 Å². The van der Waals surface area contributed by atoms with Gasteiger partial charge in [0.05, 0.1) is 11.3 Å². The van der Waals surface area contributed by atoms with Crippen LogP contribution in [0.5, 0.6) is 5.88 Å². The minimum atomic E-state index is 0.106. The molecule has 1 fully saturated rings. The maximum Gasteiger partial charge on any atom is 0.198 e. The lowest BCUT2D eigenvalue weighted by atomic mass is 10.1. The summed E-state index contributed by atoms with van der Waals surface area (Å²) in [7, 11) is 0. The number of likely N-dealkylation sites (tertiary alicyclic amines) is 1. The number of piperidine rings is 1. The van der Waals surface area contributed by atoms with E-state index in [1.54, 1.807) is 12.3 Å². The minimum Gasteiger partial charge on any atom is -0.494 e. The topological polar surface area (TPSA) is 51.6 Å². The number of fused-ring (bicyclic) bond motifs is 1. The van der Waals surface area contributed by atoms with Crippen LogP contribution in [0.3, 0.4) is 0 Å². The summed E-state index contributed by atoms with van der Waals surface area (Å²) in [5, 5.41) is 11.6. The van der Waals surface area contributed by atoms with E-state index < -0.39 is 0 Å². The molecule has 140 valence electrons. The van der Waals surface area contributed by atoms with Gasteiger partial charge >= 0.3 is 0 Å². The van der Waals surface area contributed by atoms with Crippen molar-refractivity contribution in [2.45, 2.75) is 25.7 Å². The Morgan fingerprint density at radius 2 is 1.85 bits per heavy atom. The van der Waals surface area contributed by atoms with Crippen molar-refractivity contribution in [2.24, 2.45) is 4.99 Å². The SMILES string of the molecule is Oc1[nH]c2ccc(Cl)cc2c1C=Nc1ccc(CCN2CCCCC2)cc1. The average Bonchev–Trinajstić information content (AvgIpc) is 3.01. The molecule has 0 saturated carbocycles. The molecule has 0 amide bonds. The molecule has 2 heterocycles. The Morgan fingerprint density at radius 3 is 2.63 bits per heavy atom. The highest BCUT2D eigenvalue weighted by molar-refractivity contribution is 6.31. The van der Waals surface area contributed by atoms with E-state index >= 15 is 0 Å². The molecule has 3 aromatic rings. The van der Waals surface area contributed by atoms with Crippen LogP contribution in [0.1, 0.15) is 30.4 Å². The summed E-state index contributed by atoms with van der Waals surface area (Å²) in [6.45, 7) is 3.60. The Morgan fingerprint density at radius 1 is 1.07 bits per heavy atom. The van der Waals surface area contributed by atoms with Gasteiger partial charge in [0.15, 0.2) is 5.88 Å². The van der Waals surface area contributed by atoms with Crippen molar-refractivity contribution in [1.82, 2.24) is 9.88 Å². The number of H-pyrrole nitrogens is 1. The molecule has 2 aromatic carbocycles. The average molecular weight is 382 g/mol. The number of nitrogens with one attached hydrogen (secondary N) is 1. The molecule has 4 nitrogen and oxygen atoms in total. The van der Waals surface area contributed by atoms with Crippen molar-refractivity contribution >= 4 is 34.4 Å². The number of halogens is 1. The molecule has 0 atom stereocenters. The third-order valence-corrected chi connectivity index (χ3v) is 5.46. The van der Waals surface area contributed by atoms with Crippen LogP contribution in [0.15, 0.2) is 47.5 Å². The van der Waals surface area contributed by atoms with E-state index in [9.17, 15) is 5.11 Å². The smallest absolute Gasteiger partial charge is 0.198 e. The maximum atomic E-state index is 10.1. The molecule has 1 aliphatic rings. The number of aromatic nitrogens is 1. The zero-order valence-corrected chi connectivity index (χ0v) is 16.0. The molecular formula is C22H24ClN3O. The fourth-order valence-electron chi connectivity index (χ4n) is 3.66. The number of benzene rings is 2. The molecule has 1 aromatic heterocycles. The molecule has 27 heavy (non-hydrogen) atoms. The van der Waals surface area contributed by atoms with Gasteiger partial charge < -0.3 is 15.0 Å². The second-order valence-electron chi connectivity index (χ2n) is 7.15. The van der Waals surface area contributed by atoms with Gasteiger partial charge in [0.1, 0.15) is 0 Å². The first-order valence-corrected chi connectivity index (χ1v) is 9.92. The molecule has 1 aliphatic heterocycles. The summed E-state index contributed by atoms with van der Waals surface area (Å²) < 4.78 is 0. The second kappa shape index (κ2) is 8.15. The molecule has 0 unspecified atom stereocenters. The maximum absolute atomic E-state index is 10.1. The van der Waals surface area contributed by atoms with Crippen molar-refractivity contribution in [3.63, 3.8) is 0 Å². The molecule has 0 radical (unpaired) electrons. The van der Waals surface area contributed by atoms with E-state index in [4.69, 9.17) is 11.6 Å². The third kappa shape index (κ3) is 4.34. The van der Waals surface area contributed by atoms with Gasteiger partial charge in [-0.1, -0.05) is 30.2 Å². The summed E-state index contributed by atoms with van der Waals surface area (Å²) in [6, 6.07) is 13.8. The summed E-state index contributed by atoms with van der Waals surface area (Å²) >= 11 is 6.08. The molecule has 0 spiro atoms. The van der Waals surface area contributed by atoms with E-state index in [1.165, 1.54) is 37.9 Å². The highest BCUT2D eigenvalue weighted by Gasteiger charge is 2.10. The number of aromatic hydroxyl groups is 1. The molecule has 4 rings (SSSR count). The van der Waals surface area contributed by atoms with Crippen LogP contribution in [0.25, 0.3) is 10.9 Å². The minimum absolute atomic E-state index is 0.106. The lowest BCUT2D eigenvalue weighted by molar-refractivity contribution is 0.231. The zero-order valence-electron chi connectivity index (χ0n) is 15.3. The lowest BCUT2D eigenvalue weighted by Gasteiger charge is -2.26. The molecule has 5 heteroatoms. The van der Waals surface area contributed by atoms with E-state index in [-0.39, 0.29) is 5.88 Å². The van der Waals surface area contributed by atoms with Crippen LogP contribution in [-0.4, -0.2) is 40.8 Å². The molecule has 0 aliphatic carbocycles. The molecular weight excluding hydrogens is 358 g/mol. The summed E-state index contributed by atoms with van der Waals surface area (Å²) in [5.41, 5.74) is 3.70. The number of aromatic amines is 1. The number of hydrogen-bond acceptors (Lipinski definition) is 3. The van der Waals surface area contributed by atoms with Crippen molar-refractivity contribution in [1.29, 1.82) is 0 Å². The van der Waals surface area contributed by atoms with E-state index in [1.807, 2.05) is 24.3 Å². The first-order chi connectivity index (χ1) is 13.2. The largest absolute Gasteiger partial charge is 0.494 e. The molecule has 0 bridgehead atoms. The molecule has 1 saturated heterocycles. The van der Waals surface area contributed by atoms with Gasteiger partial charge in [0.25, 0.3) is 0 Å². The first-order valence-electron chi connectivity index (χ1n) is 9.54. The van der Waals surface area contributed by atoms with Gasteiger partial charge in [-0.15, -0.1) is 0 Å². The number of hydrogen-bond donors (Lipinski definition) is 2. The van der Waals surface area contributed by atoms with Gasteiger partial charge in [-0.05, 0) is 68.2 Å². The highest BCUT2D eigenvalue weighted by atomic mass is 35.5. The fourth-order valence-corrected chi connectivity index (χ4v) is 3.83. The van der Waals surface area contributed by atoms with Crippen LogP contribution in [-0.2, 0) is 6.42 Å². The Bertz CT molecular complexity index is 940. The number of nitrogens with zero attached hydrogens (tertiary/aromatic N) is 2. The normalized spacial score (nSPS) is 15.7. The Balaban J connectivity index is 1.44. The van der Waals surface area contributed by atoms with E-state index in [0.29, 0.717) is 10.6 Å². The monoisotopic (exact) mass is 381 g/mol. The van der Waals surface area contributed by atoms with Crippen LogP contribution < -0.4 is 0 Å². The summed E-state index contributed by atoms with van der Waals surface area (Å²) in [4.78, 5) is 10.0. The predicted molar refractivity (Wildman–Crippen MR) is 113 cm³/mol. The summed E-state index contributed by atoms with van der Waals surface area (Å²) in [6.07, 6.45) is 6.81. The Hall–Kier alpha value is -2.30. The van der Waals surface area contributed by atoms with Crippen LogP contribution in [0, 0.1) is 0 Å². The van der Waals surface area contributed by atoms with Gasteiger partial charge in [0.2, 0.25) is 0 Å². The highest BCUT2D eigenvalue weighted by Crippen LogP contribution is 2.28. The second-order valence-corrected chi connectivity index (χ2v) is 7.59. The van der Waals surface area contributed by atoms with Crippen LogP contribution >= 0.6 is 11.6 Å². The van der Waals surface area contributed by atoms with Crippen molar-refractivity contribution in [3.8, 4) is 5.88 Å². The van der Waals surface area contributed by atoms with E-state index in [2.05, 4.69) is 27.0 Å². The van der Waals surface area contributed by atoms with Crippen molar-refractivity contribution in [2.75, 3.05) is 19.6 Å². The van der Waals surface area contributed by atoms with Gasteiger partial charge in [-0.3, -0.25) is 4.99 Å². The fraction of sp³-hybridized carbons (Fsp3) is 0.318. The van der Waals surface area contributed by atoms with Gasteiger partial charge in [-0.2, -0.15) is 0 Å². The van der Waals surface area contributed by atoms with Crippen molar-refractivity contribution < 1.29 is 5.11 Å².